The Hall–Kier alpha value is -1.66. The van der Waals surface area contributed by atoms with Crippen molar-refractivity contribution >= 4 is 5.97 Å². The van der Waals surface area contributed by atoms with Gasteiger partial charge < -0.3 is 18.9 Å². The van der Waals surface area contributed by atoms with E-state index in [0.717, 1.165) is 16.9 Å². The van der Waals surface area contributed by atoms with E-state index < -0.39 is 5.79 Å². The number of carbonyl (C=O) groups is 1. The van der Waals surface area contributed by atoms with Crippen LogP contribution in [0, 0.1) is 19.8 Å². The van der Waals surface area contributed by atoms with Crippen molar-refractivity contribution in [2.24, 2.45) is 5.92 Å². The average molecular weight is 323 g/mol. The summed E-state index contributed by atoms with van der Waals surface area (Å²) < 4.78 is 22.3. The second kappa shape index (κ2) is 7.27. The van der Waals surface area contributed by atoms with Crippen LogP contribution >= 0.6 is 0 Å². The minimum atomic E-state index is -0.518. The summed E-state index contributed by atoms with van der Waals surface area (Å²) in [6, 6.07) is 0. The smallest absolute Gasteiger partial charge is 0.303 e. The van der Waals surface area contributed by atoms with E-state index in [4.69, 9.17) is 18.9 Å². The van der Waals surface area contributed by atoms with Crippen LogP contribution in [0.4, 0.5) is 0 Å². The van der Waals surface area contributed by atoms with Crippen LogP contribution in [-0.4, -0.2) is 36.6 Å². The van der Waals surface area contributed by atoms with Crippen molar-refractivity contribution in [3.8, 4) is 5.75 Å². The van der Waals surface area contributed by atoms with Crippen molar-refractivity contribution < 1.29 is 23.7 Å². The highest BCUT2D eigenvalue weighted by Crippen LogP contribution is 2.27. The van der Waals surface area contributed by atoms with Gasteiger partial charge in [0, 0.05) is 30.2 Å². The van der Waals surface area contributed by atoms with Gasteiger partial charge in [-0.25, -0.2) is 0 Å². The zero-order chi connectivity index (χ0) is 17.0. The van der Waals surface area contributed by atoms with Crippen molar-refractivity contribution in [1.82, 2.24) is 4.98 Å². The van der Waals surface area contributed by atoms with Crippen LogP contribution in [0.1, 0.15) is 37.6 Å². The molecule has 0 unspecified atom stereocenters. The van der Waals surface area contributed by atoms with Crippen molar-refractivity contribution in [2.45, 2.75) is 47.0 Å². The van der Waals surface area contributed by atoms with E-state index >= 15 is 0 Å². The topological polar surface area (TPSA) is 66.9 Å². The molecule has 2 rings (SSSR count). The van der Waals surface area contributed by atoms with E-state index in [1.54, 1.807) is 6.20 Å². The number of ether oxygens (including phenoxy) is 4. The Kier molecular flexibility index (Phi) is 5.59. The third kappa shape index (κ3) is 4.91. The van der Waals surface area contributed by atoms with E-state index in [0.29, 0.717) is 25.5 Å². The molecule has 0 aliphatic carbocycles. The molecule has 1 aliphatic rings. The number of pyridine rings is 1. The predicted octanol–water partition coefficient (Wildman–Crippen LogP) is 2.54. The first-order chi connectivity index (χ1) is 10.8. The largest absolute Gasteiger partial charge is 0.492 e. The summed E-state index contributed by atoms with van der Waals surface area (Å²) >= 11 is 0. The van der Waals surface area contributed by atoms with Crippen LogP contribution < -0.4 is 4.74 Å². The molecule has 6 nitrogen and oxygen atoms in total. The van der Waals surface area contributed by atoms with Gasteiger partial charge in [0.2, 0.25) is 0 Å². The first kappa shape index (κ1) is 17.7. The van der Waals surface area contributed by atoms with Gasteiger partial charge in [0.05, 0.1) is 25.5 Å². The summed E-state index contributed by atoms with van der Waals surface area (Å²) in [5.74, 6) is 0.128. The molecular weight excluding hydrogens is 298 g/mol. The first-order valence-corrected chi connectivity index (χ1v) is 7.77. The Morgan fingerprint density at radius 1 is 1.35 bits per heavy atom. The number of esters is 1. The highest BCUT2D eigenvalue weighted by atomic mass is 16.7. The van der Waals surface area contributed by atoms with Crippen LogP contribution in [0.15, 0.2) is 6.20 Å². The lowest BCUT2D eigenvalue weighted by Gasteiger charge is -2.34. The van der Waals surface area contributed by atoms with E-state index in [9.17, 15) is 4.79 Å². The molecule has 0 spiro atoms. The summed E-state index contributed by atoms with van der Waals surface area (Å²) in [7, 11) is 0. The number of rotatable bonds is 5. The third-order valence-electron chi connectivity index (χ3n) is 3.75. The maximum atomic E-state index is 11.0. The minimum Gasteiger partial charge on any atom is -0.492 e. The highest BCUT2D eigenvalue weighted by molar-refractivity contribution is 5.65. The molecule has 0 amide bonds. The molecule has 128 valence electrons. The summed E-state index contributed by atoms with van der Waals surface area (Å²) in [5, 5.41) is 0. The number of carbonyl (C=O) groups excluding carboxylic acids is 1. The lowest BCUT2D eigenvalue weighted by atomic mass is 10.1. The van der Waals surface area contributed by atoms with Gasteiger partial charge >= 0.3 is 5.97 Å². The zero-order valence-corrected chi connectivity index (χ0v) is 14.5. The second-order valence-corrected chi connectivity index (χ2v) is 6.32. The maximum Gasteiger partial charge on any atom is 0.303 e. The van der Waals surface area contributed by atoms with Crippen molar-refractivity contribution in [2.75, 3.05) is 19.8 Å². The normalized spacial score (nSPS) is 17.8. The Labute approximate surface area is 137 Å². The van der Waals surface area contributed by atoms with Crippen LogP contribution in [0.5, 0.6) is 5.75 Å². The van der Waals surface area contributed by atoms with Crippen LogP contribution in [0.25, 0.3) is 0 Å². The first-order valence-electron chi connectivity index (χ1n) is 7.77. The van der Waals surface area contributed by atoms with Crippen molar-refractivity contribution in [1.29, 1.82) is 0 Å². The fraction of sp³-hybridized carbons (Fsp3) is 0.647. The quantitative estimate of drug-likeness (QED) is 0.776. The molecule has 0 radical (unpaired) electrons. The molecule has 0 aromatic carbocycles. The van der Waals surface area contributed by atoms with E-state index in [2.05, 4.69) is 4.98 Å². The number of hydrogen-bond donors (Lipinski definition) is 0. The molecule has 1 fully saturated rings. The number of nitrogens with zero attached hydrogens (tertiary/aromatic N) is 1. The molecule has 2 heterocycles. The number of hydrogen-bond acceptors (Lipinski definition) is 6. The SMILES string of the molecule is CC(=O)OCc1ncc(C)c(OCC2COC(C)(C)OC2)c1C. The average Bonchev–Trinajstić information content (AvgIpc) is 2.47. The van der Waals surface area contributed by atoms with Gasteiger partial charge in [-0.3, -0.25) is 9.78 Å². The van der Waals surface area contributed by atoms with Gasteiger partial charge in [-0.2, -0.15) is 0 Å². The molecule has 1 aliphatic heterocycles. The van der Waals surface area contributed by atoms with Crippen molar-refractivity contribution in [3.05, 3.63) is 23.0 Å². The Morgan fingerprint density at radius 2 is 2.00 bits per heavy atom. The molecule has 6 heteroatoms. The third-order valence-corrected chi connectivity index (χ3v) is 3.75. The van der Waals surface area contributed by atoms with E-state index in [-0.39, 0.29) is 18.5 Å². The number of aromatic nitrogens is 1. The Morgan fingerprint density at radius 3 is 2.61 bits per heavy atom. The summed E-state index contributed by atoms with van der Waals surface area (Å²) in [6.07, 6.45) is 1.73. The number of aryl methyl sites for hydroxylation is 1. The zero-order valence-electron chi connectivity index (χ0n) is 14.5. The molecule has 0 bridgehead atoms. The fourth-order valence-electron chi connectivity index (χ4n) is 2.32. The van der Waals surface area contributed by atoms with Crippen molar-refractivity contribution in [3.63, 3.8) is 0 Å². The molecule has 1 aromatic rings. The molecule has 23 heavy (non-hydrogen) atoms. The standard InChI is InChI=1S/C17H25NO5/c1-11-6-18-15(10-20-13(3)19)12(2)16(11)21-7-14-8-22-17(4,5)23-9-14/h6,14H,7-10H2,1-5H3. The molecule has 1 aromatic heterocycles. The summed E-state index contributed by atoms with van der Waals surface area (Å²) in [5.41, 5.74) is 2.55. The molecular formula is C17H25NO5. The maximum absolute atomic E-state index is 11.0. The van der Waals surface area contributed by atoms with Gasteiger partial charge in [-0.05, 0) is 27.7 Å². The molecule has 0 N–H and O–H groups in total. The predicted molar refractivity (Wildman–Crippen MR) is 84.1 cm³/mol. The van der Waals surface area contributed by atoms with Crippen LogP contribution in [-0.2, 0) is 25.6 Å². The van der Waals surface area contributed by atoms with Crippen LogP contribution in [0.2, 0.25) is 0 Å². The van der Waals surface area contributed by atoms with Gasteiger partial charge in [-0.1, -0.05) is 0 Å². The Balaban J connectivity index is 1.99. The van der Waals surface area contributed by atoms with Gasteiger partial charge in [0.15, 0.2) is 5.79 Å². The van der Waals surface area contributed by atoms with Crippen LogP contribution in [0.3, 0.4) is 0 Å². The summed E-state index contributed by atoms with van der Waals surface area (Å²) in [6.45, 7) is 10.9. The second-order valence-electron chi connectivity index (χ2n) is 6.32. The van der Waals surface area contributed by atoms with Gasteiger partial charge in [0.25, 0.3) is 0 Å². The lowest BCUT2D eigenvalue weighted by Crippen LogP contribution is -2.41. The van der Waals surface area contributed by atoms with E-state index in [1.807, 2.05) is 27.7 Å². The monoisotopic (exact) mass is 323 g/mol. The fourth-order valence-corrected chi connectivity index (χ4v) is 2.32. The molecule has 0 saturated carbocycles. The highest BCUT2D eigenvalue weighted by Gasteiger charge is 2.28. The molecule has 1 saturated heterocycles. The molecule has 0 atom stereocenters. The minimum absolute atomic E-state index is 0.154. The van der Waals surface area contributed by atoms with Gasteiger partial charge in [0.1, 0.15) is 12.4 Å². The summed E-state index contributed by atoms with van der Waals surface area (Å²) in [4.78, 5) is 15.3. The lowest BCUT2D eigenvalue weighted by molar-refractivity contribution is -0.264. The Bertz CT molecular complexity index is 560. The van der Waals surface area contributed by atoms with Gasteiger partial charge in [-0.15, -0.1) is 0 Å². The van der Waals surface area contributed by atoms with E-state index in [1.165, 1.54) is 6.92 Å².